The summed E-state index contributed by atoms with van der Waals surface area (Å²) in [6.07, 6.45) is 1.99. The Morgan fingerprint density at radius 2 is 2.03 bits per heavy atom. The largest absolute Gasteiger partial charge is 0.370 e. The highest BCUT2D eigenvalue weighted by Crippen LogP contribution is 2.25. The lowest BCUT2D eigenvalue weighted by Crippen LogP contribution is -2.48. The van der Waals surface area contributed by atoms with E-state index in [0.717, 1.165) is 38.4 Å². The molecule has 1 aromatic carbocycles. The maximum Gasteiger partial charge on any atom is 0.194 e. The fourth-order valence-corrected chi connectivity index (χ4v) is 4.07. The first-order valence-electron chi connectivity index (χ1n) is 10.2. The van der Waals surface area contributed by atoms with E-state index < -0.39 is 0 Å². The van der Waals surface area contributed by atoms with Crippen molar-refractivity contribution in [1.29, 1.82) is 0 Å². The second kappa shape index (κ2) is 11.0. The highest BCUT2D eigenvalue weighted by atomic mass is 127. The molecule has 1 atom stereocenters. The van der Waals surface area contributed by atoms with Gasteiger partial charge in [-0.3, -0.25) is 9.67 Å². The molecule has 2 aromatic rings. The first-order valence-corrected chi connectivity index (χ1v) is 10.2. The van der Waals surface area contributed by atoms with Gasteiger partial charge >= 0.3 is 0 Å². The van der Waals surface area contributed by atoms with Crippen molar-refractivity contribution in [1.82, 2.24) is 20.0 Å². The summed E-state index contributed by atoms with van der Waals surface area (Å²) < 4.78 is 8.09. The van der Waals surface area contributed by atoms with Crippen molar-refractivity contribution in [3.05, 3.63) is 52.3 Å². The molecule has 1 fully saturated rings. The van der Waals surface area contributed by atoms with Crippen molar-refractivity contribution >= 4 is 29.9 Å². The van der Waals surface area contributed by atoms with Crippen molar-refractivity contribution in [2.45, 2.75) is 46.3 Å². The van der Waals surface area contributed by atoms with Crippen molar-refractivity contribution in [3.63, 3.8) is 0 Å². The first kappa shape index (κ1) is 23.7. The fourth-order valence-electron chi connectivity index (χ4n) is 4.07. The van der Waals surface area contributed by atoms with E-state index in [4.69, 9.17) is 4.74 Å². The molecule has 0 bridgehead atoms. The van der Waals surface area contributed by atoms with Crippen LogP contribution in [0.5, 0.6) is 0 Å². The molecule has 0 saturated carbocycles. The lowest BCUT2D eigenvalue weighted by molar-refractivity contribution is -0.00834. The molecule has 1 N–H and O–H groups in total. The van der Waals surface area contributed by atoms with Gasteiger partial charge in [-0.2, -0.15) is 5.10 Å². The zero-order valence-corrected chi connectivity index (χ0v) is 20.6. The summed E-state index contributed by atoms with van der Waals surface area (Å²) in [5, 5.41) is 8.25. The van der Waals surface area contributed by atoms with Gasteiger partial charge in [0.05, 0.1) is 18.8 Å². The van der Waals surface area contributed by atoms with Gasteiger partial charge in [0, 0.05) is 38.4 Å². The van der Waals surface area contributed by atoms with Crippen LogP contribution in [0.3, 0.4) is 0 Å². The summed E-state index contributed by atoms with van der Waals surface area (Å²) in [7, 11) is 3.89. The molecule has 1 saturated heterocycles. The standard InChI is InChI=1S/C22H33N5O.HI/c1-6-19-18(20(7-2)26(5)25-19)14-24-22(23-4)27-12-13-28-21(15-27)17-11-9-8-10-16(17)3;/h8-11,21H,6-7,12-15H2,1-5H3,(H,23,24);1H. The Kier molecular flexibility index (Phi) is 8.95. The van der Waals surface area contributed by atoms with Crippen LogP contribution in [0.2, 0.25) is 0 Å². The van der Waals surface area contributed by atoms with Crippen molar-refractivity contribution in [3.8, 4) is 0 Å². The summed E-state index contributed by atoms with van der Waals surface area (Å²) in [4.78, 5) is 6.84. The Morgan fingerprint density at radius 1 is 1.28 bits per heavy atom. The number of ether oxygens (including phenoxy) is 1. The summed E-state index contributed by atoms with van der Waals surface area (Å²) in [6, 6.07) is 8.46. The van der Waals surface area contributed by atoms with E-state index in [2.05, 4.69) is 65.3 Å². The molecule has 0 aliphatic carbocycles. The molecule has 0 spiro atoms. The predicted octanol–water partition coefficient (Wildman–Crippen LogP) is 3.62. The molecule has 1 unspecified atom stereocenters. The van der Waals surface area contributed by atoms with Crippen LogP contribution in [0.1, 0.15) is 48.0 Å². The normalized spacial score (nSPS) is 17.2. The summed E-state index contributed by atoms with van der Waals surface area (Å²) in [5.74, 6) is 0.926. The Balaban J connectivity index is 0.00000300. The van der Waals surface area contributed by atoms with Crippen molar-refractivity contribution in [2.75, 3.05) is 26.7 Å². The SMILES string of the molecule is CCc1nn(C)c(CC)c1CNC(=NC)N1CCOC(c2ccccc2C)C1.I. The molecule has 160 valence electrons. The maximum atomic E-state index is 6.07. The van der Waals surface area contributed by atoms with Gasteiger partial charge in [-0.1, -0.05) is 38.1 Å². The smallest absolute Gasteiger partial charge is 0.194 e. The monoisotopic (exact) mass is 511 g/mol. The van der Waals surface area contributed by atoms with Crippen LogP contribution in [-0.4, -0.2) is 47.4 Å². The molecule has 7 heteroatoms. The number of morpholine rings is 1. The number of aliphatic imine (C=N–C) groups is 1. The number of benzene rings is 1. The molecule has 0 amide bonds. The van der Waals surface area contributed by atoms with Gasteiger partial charge in [-0.25, -0.2) is 0 Å². The minimum atomic E-state index is 0. The average molecular weight is 511 g/mol. The minimum Gasteiger partial charge on any atom is -0.370 e. The number of hydrogen-bond acceptors (Lipinski definition) is 3. The zero-order chi connectivity index (χ0) is 20.1. The van der Waals surface area contributed by atoms with Crippen LogP contribution in [0.15, 0.2) is 29.3 Å². The molecule has 6 nitrogen and oxygen atoms in total. The molecule has 1 aliphatic rings. The highest BCUT2D eigenvalue weighted by molar-refractivity contribution is 14.0. The van der Waals surface area contributed by atoms with Crippen LogP contribution in [0.25, 0.3) is 0 Å². The molecular formula is C22H34IN5O. The van der Waals surface area contributed by atoms with Crippen molar-refractivity contribution in [2.24, 2.45) is 12.0 Å². The fraction of sp³-hybridized carbons (Fsp3) is 0.545. The van der Waals surface area contributed by atoms with E-state index in [1.165, 1.54) is 28.1 Å². The van der Waals surface area contributed by atoms with Crippen LogP contribution in [0.4, 0.5) is 0 Å². The molecule has 3 rings (SSSR count). The third kappa shape index (κ3) is 5.31. The second-order valence-corrected chi connectivity index (χ2v) is 7.27. The van der Waals surface area contributed by atoms with Gasteiger partial charge < -0.3 is 15.0 Å². The number of nitrogens with one attached hydrogen (secondary N) is 1. The number of guanidine groups is 1. The Labute approximate surface area is 191 Å². The summed E-state index contributed by atoms with van der Waals surface area (Å²) >= 11 is 0. The first-order chi connectivity index (χ1) is 13.6. The van der Waals surface area contributed by atoms with Gasteiger partial charge in [0.15, 0.2) is 5.96 Å². The number of nitrogens with zero attached hydrogens (tertiary/aromatic N) is 4. The Hall–Kier alpha value is -1.61. The lowest BCUT2D eigenvalue weighted by atomic mass is 10.0. The van der Waals surface area contributed by atoms with Crippen LogP contribution >= 0.6 is 24.0 Å². The van der Waals surface area contributed by atoms with Gasteiger partial charge in [0.1, 0.15) is 6.10 Å². The van der Waals surface area contributed by atoms with E-state index in [9.17, 15) is 0 Å². The lowest BCUT2D eigenvalue weighted by Gasteiger charge is -2.35. The summed E-state index contributed by atoms with van der Waals surface area (Å²) in [5.41, 5.74) is 6.29. The van der Waals surface area contributed by atoms with Crippen LogP contribution < -0.4 is 5.32 Å². The van der Waals surface area contributed by atoms with Gasteiger partial charge in [-0.15, -0.1) is 24.0 Å². The molecule has 0 radical (unpaired) electrons. The second-order valence-electron chi connectivity index (χ2n) is 7.27. The van der Waals surface area contributed by atoms with Gasteiger partial charge in [-0.05, 0) is 30.9 Å². The van der Waals surface area contributed by atoms with E-state index in [-0.39, 0.29) is 30.1 Å². The van der Waals surface area contributed by atoms with Crippen molar-refractivity contribution < 1.29 is 4.74 Å². The van der Waals surface area contributed by atoms with Crippen LogP contribution in [-0.2, 0) is 31.2 Å². The van der Waals surface area contributed by atoms with E-state index in [1.807, 2.05) is 18.8 Å². The third-order valence-electron chi connectivity index (χ3n) is 5.56. The van der Waals surface area contributed by atoms with Gasteiger partial charge in [0.2, 0.25) is 0 Å². The third-order valence-corrected chi connectivity index (χ3v) is 5.56. The molecule has 1 aliphatic heterocycles. The molecule has 29 heavy (non-hydrogen) atoms. The minimum absolute atomic E-state index is 0. The summed E-state index contributed by atoms with van der Waals surface area (Å²) in [6.45, 7) is 9.59. The molecule has 1 aromatic heterocycles. The van der Waals surface area contributed by atoms with E-state index in [0.29, 0.717) is 6.61 Å². The number of halogens is 1. The Morgan fingerprint density at radius 3 is 2.69 bits per heavy atom. The average Bonchev–Trinajstić information content (AvgIpc) is 3.03. The molecule has 2 heterocycles. The number of aromatic nitrogens is 2. The Bertz CT molecular complexity index is 833. The molecular weight excluding hydrogens is 477 g/mol. The topological polar surface area (TPSA) is 54.7 Å². The van der Waals surface area contributed by atoms with Crippen LogP contribution in [0, 0.1) is 6.92 Å². The number of hydrogen-bond donors (Lipinski definition) is 1. The number of rotatable bonds is 5. The highest BCUT2D eigenvalue weighted by Gasteiger charge is 2.25. The van der Waals surface area contributed by atoms with E-state index >= 15 is 0 Å². The maximum absolute atomic E-state index is 6.07. The number of aryl methyl sites for hydroxylation is 3. The zero-order valence-electron chi connectivity index (χ0n) is 18.2. The quantitative estimate of drug-likeness (QED) is 0.379. The van der Waals surface area contributed by atoms with Gasteiger partial charge in [0.25, 0.3) is 0 Å². The van der Waals surface area contributed by atoms with E-state index in [1.54, 1.807) is 0 Å². The predicted molar refractivity (Wildman–Crippen MR) is 129 cm³/mol.